The van der Waals surface area contributed by atoms with Gasteiger partial charge in [-0.3, -0.25) is 15.0 Å². The van der Waals surface area contributed by atoms with Crippen molar-refractivity contribution < 1.29 is 19.8 Å². The van der Waals surface area contributed by atoms with Gasteiger partial charge in [-0.15, -0.1) is 0 Å². The Morgan fingerprint density at radius 2 is 1.67 bits per heavy atom. The lowest BCUT2D eigenvalue weighted by Crippen LogP contribution is -2.53. The molecule has 1 rings (SSSR count). The number of aliphatic carboxylic acids is 2. The number of carbonyl (C=O) groups is 2. The van der Waals surface area contributed by atoms with Gasteiger partial charge in [-0.25, -0.2) is 10.9 Å². The second-order valence-corrected chi connectivity index (χ2v) is 5.24. The average molecular weight is 337 g/mol. The number of carboxylic acids is 2. The maximum atomic E-state index is 11.3. The highest BCUT2D eigenvalue weighted by molar-refractivity contribution is 5.75. The monoisotopic (exact) mass is 337 g/mol. The average Bonchev–Trinajstić information content (AvgIpc) is 2.53. The molecule has 0 aliphatic rings. The van der Waals surface area contributed by atoms with E-state index in [0.717, 1.165) is 5.56 Å². The molecule has 0 fully saturated rings. The van der Waals surface area contributed by atoms with Gasteiger partial charge in [0.1, 0.15) is 12.1 Å². The molecule has 0 aliphatic heterocycles. The summed E-state index contributed by atoms with van der Waals surface area (Å²) in [4.78, 5) is 22.6. The Labute approximate surface area is 139 Å². The van der Waals surface area contributed by atoms with Crippen LogP contribution in [0.5, 0.6) is 0 Å². The van der Waals surface area contributed by atoms with Gasteiger partial charge in [-0.2, -0.15) is 0 Å². The lowest BCUT2D eigenvalue weighted by Gasteiger charge is -2.20. The Bertz CT molecular complexity index is 552. The zero-order valence-corrected chi connectivity index (χ0v) is 13.2. The summed E-state index contributed by atoms with van der Waals surface area (Å²) in [7, 11) is 0. The summed E-state index contributed by atoms with van der Waals surface area (Å²) in [5.41, 5.74) is 11.1. The molecule has 24 heavy (non-hydrogen) atoms. The van der Waals surface area contributed by atoms with Crippen molar-refractivity contribution in [3.8, 4) is 0 Å². The van der Waals surface area contributed by atoms with Crippen molar-refractivity contribution in [2.75, 3.05) is 6.54 Å². The maximum absolute atomic E-state index is 11.3. The topological polar surface area (TPSA) is 161 Å². The van der Waals surface area contributed by atoms with Crippen molar-refractivity contribution in [1.82, 2.24) is 16.2 Å². The van der Waals surface area contributed by atoms with E-state index in [0.29, 0.717) is 13.0 Å². The minimum Gasteiger partial charge on any atom is -0.480 e. The number of hydrazine groups is 1. The smallest absolute Gasteiger partial charge is 0.322 e. The van der Waals surface area contributed by atoms with Gasteiger partial charge in [0.25, 0.3) is 0 Å². The molecule has 1 aromatic rings. The molecule has 0 heterocycles. The second-order valence-electron chi connectivity index (χ2n) is 5.24. The first-order valence-electron chi connectivity index (χ1n) is 7.48. The predicted molar refractivity (Wildman–Crippen MR) is 88.4 cm³/mol. The molecule has 0 aliphatic carbocycles. The van der Waals surface area contributed by atoms with Crippen molar-refractivity contribution in [1.29, 1.82) is 5.41 Å². The molecule has 9 heteroatoms. The summed E-state index contributed by atoms with van der Waals surface area (Å²) in [5, 5.41) is 28.0. The van der Waals surface area contributed by atoms with Crippen molar-refractivity contribution in [3.63, 3.8) is 0 Å². The lowest BCUT2D eigenvalue weighted by molar-refractivity contribution is -0.143. The van der Waals surface area contributed by atoms with E-state index in [1.807, 2.05) is 18.2 Å². The van der Waals surface area contributed by atoms with Crippen molar-refractivity contribution in [2.24, 2.45) is 5.73 Å². The van der Waals surface area contributed by atoms with Gasteiger partial charge in [0.2, 0.25) is 0 Å². The number of nitrogens with one attached hydrogen (secondary N) is 4. The fourth-order valence-corrected chi connectivity index (χ4v) is 2.04. The van der Waals surface area contributed by atoms with Gasteiger partial charge in [0.15, 0.2) is 5.96 Å². The zero-order valence-electron chi connectivity index (χ0n) is 13.2. The fourth-order valence-electron chi connectivity index (χ4n) is 2.04. The van der Waals surface area contributed by atoms with E-state index in [4.69, 9.17) is 11.1 Å². The Hall–Kier alpha value is -2.65. The number of nitrogens with two attached hydrogens (primary N) is 1. The third-order valence-electron chi connectivity index (χ3n) is 3.30. The Morgan fingerprint density at radius 3 is 2.21 bits per heavy atom. The van der Waals surface area contributed by atoms with Crippen LogP contribution in [-0.2, 0) is 16.0 Å². The van der Waals surface area contributed by atoms with Gasteiger partial charge < -0.3 is 21.3 Å². The molecule has 0 amide bonds. The van der Waals surface area contributed by atoms with Crippen LogP contribution in [0.15, 0.2) is 30.3 Å². The molecule has 0 spiro atoms. The summed E-state index contributed by atoms with van der Waals surface area (Å²) in [5.74, 6) is -2.34. The first-order valence-corrected chi connectivity index (χ1v) is 7.48. The van der Waals surface area contributed by atoms with Gasteiger partial charge in [-0.05, 0) is 24.8 Å². The number of hydrogen-bond donors (Lipinski definition) is 7. The number of rotatable bonds is 11. The van der Waals surface area contributed by atoms with Crippen LogP contribution in [0.3, 0.4) is 0 Å². The molecule has 132 valence electrons. The quantitative estimate of drug-likeness (QED) is 0.123. The van der Waals surface area contributed by atoms with Crippen LogP contribution in [0, 0.1) is 5.41 Å². The van der Waals surface area contributed by atoms with Crippen molar-refractivity contribution >= 4 is 17.9 Å². The Balaban J connectivity index is 2.50. The van der Waals surface area contributed by atoms with Crippen LogP contribution in [0.1, 0.15) is 18.4 Å². The molecule has 0 saturated carbocycles. The van der Waals surface area contributed by atoms with E-state index in [1.165, 1.54) is 0 Å². The fraction of sp³-hybridized carbons (Fsp3) is 0.400. The zero-order chi connectivity index (χ0) is 17.9. The summed E-state index contributed by atoms with van der Waals surface area (Å²) in [6.07, 6.45) is 0.934. The van der Waals surface area contributed by atoms with E-state index < -0.39 is 24.0 Å². The van der Waals surface area contributed by atoms with E-state index in [1.54, 1.807) is 12.1 Å². The standard InChI is InChI=1S/C15H23N5O4/c16-15(17)18-8-4-7-11(13(21)22)19-20-12(14(23)24)9-10-5-2-1-3-6-10/h1-3,5-6,11-12,19-20H,4,7-9H2,(H,21,22)(H,23,24)(H4,16,17,18)/t11-,12-/m0/s1. The Morgan fingerprint density at radius 1 is 1.08 bits per heavy atom. The molecule has 9 nitrogen and oxygen atoms in total. The molecule has 8 N–H and O–H groups in total. The van der Waals surface area contributed by atoms with Gasteiger partial charge in [-0.1, -0.05) is 30.3 Å². The molecule has 0 bridgehead atoms. The summed E-state index contributed by atoms with van der Waals surface area (Å²) in [6.45, 7) is 0.368. The highest BCUT2D eigenvalue weighted by atomic mass is 16.4. The molecule has 0 radical (unpaired) electrons. The summed E-state index contributed by atoms with van der Waals surface area (Å²) in [6, 6.07) is 7.16. The van der Waals surface area contributed by atoms with Gasteiger partial charge in [0.05, 0.1) is 0 Å². The van der Waals surface area contributed by atoms with Crippen LogP contribution >= 0.6 is 0 Å². The van der Waals surface area contributed by atoms with E-state index in [-0.39, 0.29) is 18.8 Å². The van der Waals surface area contributed by atoms with E-state index in [2.05, 4.69) is 16.2 Å². The third kappa shape index (κ3) is 7.56. The Kier molecular flexibility index (Phi) is 8.23. The van der Waals surface area contributed by atoms with Crippen LogP contribution in [-0.4, -0.2) is 46.7 Å². The highest BCUT2D eigenvalue weighted by Crippen LogP contribution is 2.04. The molecule has 2 atom stereocenters. The van der Waals surface area contributed by atoms with E-state index >= 15 is 0 Å². The normalized spacial score (nSPS) is 13.0. The van der Waals surface area contributed by atoms with Gasteiger partial charge in [0, 0.05) is 6.54 Å². The van der Waals surface area contributed by atoms with Gasteiger partial charge >= 0.3 is 11.9 Å². The number of carboxylic acid groups (broad SMARTS) is 2. The number of guanidine groups is 1. The summed E-state index contributed by atoms with van der Waals surface area (Å²) >= 11 is 0. The largest absolute Gasteiger partial charge is 0.480 e. The first-order chi connectivity index (χ1) is 11.4. The molecule has 1 aromatic carbocycles. The minimum atomic E-state index is -1.09. The van der Waals surface area contributed by atoms with Crippen molar-refractivity contribution in [2.45, 2.75) is 31.3 Å². The van der Waals surface area contributed by atoms with E-state index in [9.17, 15) is 19.8 Å². The second kappa shape index (κ2) is 10.2. The van der Waals surface area contributed by atoms with Crippen LogP contribution in [0.25, 0.3) is 0 Å². The van der Waals surface area contributed by atoms with Crippen molar-refractivity contribution in [3.05, 3.63) is 35.9 Å². The third-order valence-corrected chi connectivity index (χ3v) is 3.30. The molecule has 0 saturated heterocycles. The minimum absolute atomic E-state index is 0.179. The van der Waals surface area contributed by atoms with Crippen LogP contribution in [0.4, 0.5) is 0 Å². The molecular formula is C15H23N5O4. The van der Waals surface area contributed by atoms with Crippen LogP contribution < -0.4 is 21.9 Å². The lowest BCUT2D eigenvalue weighted by atomic mass is 10.1. The molecular weight excluding hydrogens is 314 g/mol. The maximum Gasteiger partial charge on any atom is 0.322 e. The molecule has 0 unspecified atom stereocenters. The first kappa shape index (κ1) is 19.4. The number of hydrogen-bond acceptors (Lipinski definition) is 5. The highest BCUT2D eigenvalue weighted by Gasteiger charge is 2.22. The number of benzene rings is 1. The predicted octanol–water partition coefficient (Wildman–Crippen LogP) is -0.507. The SMILES string of the molecule is N=C(N)NCCC[C@H](NN[C@@H](Cc1ccccc1)C(=O)O)C(=O)O. The summed E-state index contributed by atoms with van der Waals surface area (Å²) < 4.78 is 0. The molecule has 0 aromatic heterocycles. The van der Waals surface area contributed by atoms with Crippen LogP contribution in [0.2, 0.25) is 0 Å².